The maximum atomic E-state index is 12.7. The first-order valence-electron chi connectivity index (χ1n) is 6.52. The van der Waals surface area contributed by atoms with E-state index in [1.807, 2.05) is 0 Å². The van der Waals surface area contributed by atoms with E-state index < -0.39 is 0 Å². The van der Waals surface area contributed by atoms with Gasteiger partial charge in [0.05, 0.1) is 7.11 Å². The van der Waals surface area contributed by atoms with Gasteiger partial charge < -0.3 is 10.1 Å². The normalized spacial score (nSPS) is 10.6. The Hall–Kier alpha value is -2.62. The smallest absolute Gasteiger partial charge is 0.187 e. The Morgan fingerprint density at radius 1 is 1.14 bits per heavy atom. The van der Waals surface area contributed by atoms with E-state index in [0.717, 1.165) is 5.56 Å². The zero-order valence-electron chi connectivity index (χ0n) is 11.7. The van der Waals surface area contributed by atoms with Crippen LogP contribution in [0.25, 0.3) is 0 Å². The summed E-state index contributed by atoms with van der Waals surface area (Å²) >= 11 is 0. The number of carbonyl (C=O) groups excluding carboxylic acids is 1. The molecule has 0 atom stereocenters. The van der Waals surface area contributed by atoms with Crippen LogP contribution in [-0.4, -0.2) is 12.9 Å². The molecule has 0 aliphatic carbocycles. The molecule has 2 rings (SSSR count). The topological polar surface area (TPSA) is 38.3 Å². The number of halogens is 1. The van der Waals surface area contributed by atoms with Crippen molar-refractivity contribution >= 4 is 5.78 Å². The average molecular weight is 285 g/mol. The molecule has 0 fully saturated rings. The second-order valence-electron chi connectivity index (χ2n) is 4.43. The molecule has 0 aliphatic rings. The first kappa shape index (κ1) is 14.8. The molecule has 0 amide bonds. The molecule has 0 heterocycles. The molecular formula is C17H16FNO2. The number of nitrogens with one attached hydrogen (secondary N) is 1. The molecule has 0 radical (unpaired) electrons. The van der Waals surface area contributed by atoms with Crippen molar-refractivity contribution in [2.24, 2.45) is 0 Å². The lowest BCUT2D eigenvalue weighted by molar-refractivity contribution is 0.104. The Balaban J connectivity index is 1.85. The van der Waals surface area contributed by atoms with Gasteiger partial charge >= 0.3 is 0 Å². The number of benzene rings is 2. The summed E-state index contributed by atoms with van der Waals surface area (Å²) in [6, 6.07) is 13.1. The van der Waals surface area contributed by atoms with Crippen molar-refractivity contribution in [1.82, 2.24) is 5.32 Å². The number of hydrogen-bond acceptors (Lipinski definition) is 3. The third kappa shape index (κ3) is 4.45. The van der Waals surface area contributed by atoms with Gasteiger partial charge in [0.25, 0.3) is 0 Å². The molecule has 0 spiro atoms. The van der Waals surface area contributed by atoms with Gasteiger partial charge in [0.2, 0.25) is 0 Å². The largest absolute Gasteiger partial charge is 0.497 e. The fourth-order valence-electron chi connectivity index (χ4n) is 1.77. The molecule has 0 saturated heterocycles. The van der Waals surface area contributed by atoms with Crippen LogP contribution in [0.5, 0.6) is 5.75 Å². The van der Waals surface area contributed by atoms with Gasteiger partial charge in [0, 0.05) is 24.4 Å². The lowest BCUT2D eigenvalue weighted by Crippen LogP contribution is -2.06. The maximum absolute atomic E-state index is 12.7. The third-order valence-corrected chi connectivity index (χ3v) is 2.95. The van der Waals surface area contributed by atoms with Crippen LogP contribution in [0.4, 0.5) is 4.39 Å². The van der Waals surface area contributed by atoms with Crippen molar-refractivity contribution in [1.29, 1.82) is 0 Å². The van der Waals surface area contributed by atoms with Gasteiger partial charge in [-0.3, -0.25) is 4.79 Å². The number of methoxy groups -OCH3 is 1. The molecule has 2 aromatic rings. The Bertz CT molecular complexity index is 618. The SMILES string of the molecule is COc1ccc(C(=O)C=CNCc2ccc(F)cc2)cc1. The third-order valence-electron chi connectivity index (χ3n) is 2.95. The Labute approximate surface area is 123 Å². The molecule has 0 aliphatic heterocycles. The number of rotatable bonds is 6. The summed E-state index contributed by atoms with van der Waals surface area (Å²) in [5.74, 6) is 0.359. The minimum Gasteiger partial charge on any atom is -0.497 e. The predicted octanol–water partition coefficient (Wildman–Crippen LogP) is 3.32. The highest BCUT2D eigenvalue weighted by Crippen LogP contribution is 2.11. The van der Waals surface area contributed by atoms with Crippen molar-refractivity contribution in [2.75, 3.05) is 7.11 Å². The molecule has 0 unspecified atom stereocenters. The summed E-state index contributed by atoms with van der Waals surface area (Å²) in [5.41, 5.74) is 1.54. The van der Waals surface area contributed by atoms with Crippen LogP contribution < -0.4 is 10.1 Å². The highest BCUT2D eigenvalue weighted by atomic mass is 19.1. The van der Waals surface area contributed by atoms with Crippen molar-refractivity contribution in [3.05, 3.63) is 77.8 Å². The molecule has 21 heavy (non-hydrogen) atoms. The van der Waals surface area contributed by atoms with Crippen molar-refractivity contribution in [3.63, 3.8) is 0 Å². The molecule has 2 aromatic carbocycles. The summed E-state index contributed by atoms with van der Waals surface area (Å²) in [4.78, 5) is 11.9. The molecule has 0 aromatic heterocycles. The Morgan fingerprint density at radius 3 is 2.43 bits per heavy atom. The summed E-state index contributed by atoms with van der Waals surface area (Å²) in [5, 5.41) is 3.00. The summed E-state index contributed by atoms with van der Waals surface area (Å²) in [6.45, 7) is 0.534. The zero-order valence-corrected chi connectivity index (χ0v) is 11.7. The molecule has 1 N–H and O–H groups in total. The Kier molecular flexibility index (Phi) is 5.10. The van der Waals surface area contributed by atoms with Gasteiger partial charge in [-0.2, -0.15) is 0 Å². The van der Waals surface area contributed by atoms with Gasteiger partial charge in [-0.25, -0.2) is 4.39 Å². The minimum absolute atomic E-state index is 0.0933. The minimum atomic E-state index is -0.260. The molecular weight excluding hydrogens is 269 g/mol. The standard InChI is InChI=1S/C17H16FNO2/c1-21-16-8-4-14(5-9-16)17(20)10-11-19-12-13-2-6-15(18)7-3-13/h2-11,19H,12H2,1H3. The van der Waals surface area contributed by atoms with E-state index in [9.17, 15) is 9.18 Å². The van der Waals surface area contributed by atoms with Crippen LogP contribution in [0, 0.1) is 5.82 Å². The van der Waals surface area contributed by atoms with Crippen LogP contribution in [-0.2, 0) is 6.54 Å². The second kappa shape index (κ2) is 7.24. The van der Waals surface area contributed by atoms with Gasteiger partial charge in [-0.1, -0.05) is 12.1 Å². The van der Waals surface area contributed by atoms with E-state index in [0.29, 0.717) is 17.9 Å². The van der Waals surface area contributed by atoms with E-state index in [-0.39, 0.29) is 11.6 Å². The number of ketones is 1. The lowest BCUT2D eigenvalue weighted by Gasteiger charge is -2.02. The zero-order chi connectivity index (χ0) is 15.1. The molecule has 0 bridgehead atoms. The van der Waals surface area contributed by atoms with Crippen LogP contribution >= 0.6 is 0 Å². The quantitative estimate of drug-likeness (QED) is 0.653. The Morgan fingerprint density at radius 2 is 1.81 bits per heavy atom. The first-order valence-corrected chi connectivity index (χ1v) is 6.52. The molecule has 0 saturated carbocycles. The van der Waals surface area contributed by atoms with Gasteiger partial charge in [0.15, 0.2) is 5.78 Å². The van der Waals surface area contributed by atoms with Gasteiger partial charge in [-0.05, 0) is 42.0 Å². The van der Waals surface area contributed by atoms with Crippen molar-refractivity contribution in [2.45, 2.75) is 6.54 Å². The molecule has 4 heteroatoms. The summed E-state index contributed by atoms with van der Waals surface area (Å²) in [6.07, 6.45) is 3.06. The van der Waals surface area contributed by atoms with Crippen LogP contribution in [0.1, 0.15) is 15.9 Å². The van der Waals surface area contributed by atoms with Gasteiger partial charge in [-0.15, -0.1) is 0 Å². The number of carbonyl (C=O) groups is 1. The van der Waals surface area contributed by atoms with E-state index in [4.69, 9.17) is 4.74 Å². The highest BCUT2D eigenvalue weighted by molar-refractivity contribution is 6.04. The van der Waals surface area contributed by atoms with Crippen LogP contribution in [0.2, 0.25) is 0 Å². The second-order valence-corrected chi connectivity index (χ2v) is 4.43. The van der Waals surface area contributed by atoms with E-state index >= 15 is 0 Å². The molecule has 3 nitrogen and oxygen atoms in total. The fraction of sp³-hybridized carbons (Fsp3) is 0.118. The summed E-state index contributed by atoms with van der Waals surface area (Å²) in [7, 11) is 1.58. The molecule has 108 valence electrons. The van der Waals surface area contributed by atoms with E-state index in [2.05, 4.69) is 5.32 Å². The van der Waals surface area contributed by atoms with Gasteiger partial charge in [0.1, 0.15) is 11.6 Å². The monoisotopic (exact) mass is 285 g/mol. The number of ether oxygens (including phenoxy) is 1. The summed E-state index contributed by atoms with van der Waals surface area (Å²) < 4.78 is 17.8. The maximum Gasteiger partial charge on any atom is 0.187 e. The predicted molar refractivity (Wildman–Crippen MR) is 79.7 cm³/mol. The number of allylic oxidation sites excluding steroid dienone is 1. The van der Waals surface area contributed by atoms with Crippen molar-refractivity contribution < 1.29 is 13.9 Å². The average Bonchev–Trinajstić information content (AvgIpc) is 2.53. The van der Waals surface area contributed by atoms with Crippen LogP contribution in [0.3, 0.4) is 0 Å². The van der Waals surface area contributed by atoms with Crippen molar-refractivity contribution in [3.8, 4) is 5.75 Å². The van der Waals surface area contributed by atoms with Crippen LogP contribution in [0.15, 0.2) is 60.8 Å². The lowest BCUT2D eigenvalue weighted by atomic mass is 10.1. The fourth-order valence-corrected chi connectivity index (χ4v) is 1.77. The van der Waals surface area contributed by atoms with E-state index in [1.54, 1.807) is 49.7 Å². The first-order chi connectivity index (χ1) is 10.2. The number of hydrogen-bond donors (Lipinski definition) is 1. The highest BCUT2D eigenvalue weighted by Gasteiger charge is 2.01. The van der Waals surface area contributed by atoms with E-state index in [1.165, 1.54) is 18.2 Å².